The number of ether oxygens (including phenoxy) is 1. The van der Waals surface area contributed by atoms with Gasteiger partial charge in [-0.3, -0.25) is 0 Å². The van der Waals surface area contributed by atoms with Crippen LogP contribution < -0.4 is 10.1 Å². The summed E-state index contributed by atoms with van der Waals surface area (Å²) in [7, 11) is 0. The van der Waals surface area contributed by atoms with E-state index in [1.54, 1.807) is 12.3 Å². The highest BCUT2D eigenvalue weighted by Gasteiger charge is 2.32. The number of hydrogen-bond donors (Lipinski definition) is 1. The van der Waals surface area contributed by atoms with Crippen LogP contribution in [0.1, 0.15) is 18.4 Å². The van der Waals surface area contributed by atoms with Crippen molar-refractivity contribution in [3.63, 3.8) is 0 Å². The van der Waals surface area contributed by atoms with Gasteiger partial charge in [-0.25, -0.2) is 9.37 Å². The van der Waals surface area contributed by atoms with Gasteiger partial charge >= 0.3 is 0 Å². The smallest absolute Gasteiger partial charge is 0.235 e. The first-order chi connectivity index (χ1) is 10.2. The molecule has 1 fully saturated rings. The van der Waals surface area contributed by atoms with Crippen LogP contribution in [0, 0.1) is 11.7 Å². The van der Waals surface area contributed by atoms with Crippen molar-refractivity contribution in [2.75, 3.05) is 13.1 Å². The fourth-order valence-electron chi connectivity index (χ4n) is 2.39. The molecule has 1 saturated heterocycles. The van der Waals surface area contributed by atoms with E-state index in [0.717, 1.165) is 19.5 Å². The molecule has 1 aromatic carbocycles. The van der Waals surface area contributed by atoms with E-state index >= 15 is 0 Å². The van der Waals surface area contributed by atoms with Gasteiger partial charge in [-0.2, -0.15) is 0 Å². The topological polar surface area (TPSA) is 47.3 Å². The Balaban J connectivity index is 1.90. The summed E-state index contributed by atoms with van der Waals surface area (Å²) in [6.45, 7) is 1.68. The highest BCUT2D eigenvalue weighted by Crippen LogP contribution is 2.37. The molecule has 1 aliphatic heterocycles. The molecular weight excluding hydrogens is 318 g/mol. The van der Waals surface area contributed by atoms with Crippen LogP contribution in [0.3, 0.4) is 0 Å². The van der Waals surface area contributed by atoms with Gasteiger partial charge in [0.15, 0.2) is 11.9 Å². The van der Waals surface area contributed by atoms with Gasteiger partial charge in [-0.05, 0) is 25.1 Å². The van der Waals surface area contributed by atoms with Gasteiger partial charge in [0.1, 0.15) is 17.0 Å². The number of benzene rings is 1. The van der Waals surface area contributed by atoms with E-state index < -0.39 is 11.9 Å². The van der Waals surface area contributed by atoms with Crippen molar-refractivity contribution in [2.24, 2.45) is 5.92 Å². The maximum atomic E-state index is 13.8. The molecule has 2 atom stereocenters. The zero-order chi connectivity index (χ0) is 14.8. The highest BCUT2D eigenvalue weighted by atomic mass is 35.5. The van der Waals surface area contributed by atoms with Gasteiger partial charge in [0.2, 0.25) is 5.89 Å². The lowest BCUT2D eigenvalue weighted by molar-refractivity contribution is 0.114. The second-order valence-corrected chi connectivity index (χ2v) is 5.62. The van der Waals surface area contributed by atoms with E-state index in [9.17, 15) is 4.39 Å². The highest BCUT2D eigenvalue weighted by molar-refractivity contribution is 6.35. The van der Waals surface area contributed by atoms with E-state index in [4.69, 9.17) is 32.4 Å². The van der Waals surface area contributed by atoms with Gasteiger partial charge in [-0.15, -0.1) is 0 Å². The number of rotatable bonds is 4. The van der Waals surface area contributed by atoms with Crippen molar-refractivity contribution in [1.82, 2.24) is 10.3 Å². The molecule has 1 aromatic heterocycles. The molecule has 1 aliphatic rings. The number of aromatic nitrogens is 1. The SMILES string of the molecule is Fc1c(Cl)ccc(O[C@H](c2ncco2)C2CCNC2)c1Cl. The Morgan fingerprint density at radius 3 is 2.95 bits per heavy atom. The maximum absolute atomic E-state index is 13.8. The van der Waals surface area contributed by atoms with Crippen LogP contribution in [0.2, 0.25) is 10.0 Å². The molecule has 1 unspecified atom stereocenters. The standard InChI is InChI=1S/C14H13Cl2FN2O2/c15-9-1-2-10(11(16)12(9)17)21-13(8-3-4-18-7-8)14-19-5-6-20-14/h1-2,5-6,8,13,18H,3-4,7H2/t8?,13-/m0/s1. The zero-order valence-electron chi connectivity index (χ0n) is 11.0. The summed E-state index contributed by atoms with van der Waals surface area (Å²) in [4.78, 5) is 4.14. The molecule has 3 rings (SSSR count). The molecule has 2 aromatic rings. The molecular formula is C14H13Cl2FN2O2. The summed E-state index contributed by atoms with van der Waals surface area (Å²) in [6.07, 6.45) is 3.53. The van der Waals surface area contributed by atoms with Gasteiger partial charge in [0, 0.05) is 12.5 Å². The lowest BCUT2D eigenvalue weighted by Gasteiger charge is -2.22. The molecule has 0 radical (unpaired) electrons. The molecule has 1 N–H and O–H groups in total. The number of nitrogens with zero attached hydrogens (tertiary/aromatic N) is 1. The Bertz CT molecular complexity index is 616. The molecule has 112 valence electrons. The molecule has 0 bridgehead atoms. The summed E-state index contributed by atoms with van der Waals surface area (Å²) in [6, 6.07) is 2.96. The molecule has 2 heterocycles. The van der Waals surface area contributed by atoms with Crippen LogP contribution in [0.15, 0.2) is 29.0 Å². The van der Waals surface area contributed by atoms with Crippen molar-refractivity contribution in [3.8, 4) is 5.75 Å². The minimum Gasteiger partial charge on any atom is -0.479 e. The second kappa shape index (κ2) is 6.22. The first-order valence-corrected chi connectivity index (χ1v) is 7.32. The number of hydrogen-bond acceptors (Lipinski definition) is 4. The van der Waals surface area contributed by atoms with Gasteiger partial charge in [0.25, 0.3) is 0 Å². The summed E-state index contributed by atoms with van der Waals surface area (Å²) in [5.41, 5.74) is 0. The normalized spacial score (nSPS) is 19.7. The average Bonchev–Trinajstić information content (AvgIpc) is 3.17. The third kappa shape index (κ3) is 3.00. The Hall–Kier alpha value is -1.30. The zero-order valence-corrected chi connectivity index (χ0v) is 12.5. The molecule has 0 aliphatic carbocycles. The largest absolute Gasteiger partial charge is 0.479 e. The molecule has 4 nitrogen and oxygen atoms in total. The number of halogens is 3. The Morgan fingerprint density at radius 2 is 2.29 bits per heavy atom. The molecule has 0 spiro atoms. The molecule has 7 heteroatoms. The van der Waals surface area contributed by atoms with Crippen molar-refractivity contribution in [1.29, 1.82) is 0 Å². The third-order valence-electron chi connectivity index (χ3n) is 3.48. The fraction of sp³-hybridized carbons (Fsp3) is 0.357. The maximum Gasteiger partial charge on any atom is 0.235 e. The van der Waals surface area contributed by atoms with E-state index in [1.807, 2.05) is 0 Å². The summed E-state index contributed by atoms with van der Waals surface area (Å²) < 4.78 is 25.0. The van der Waals surface area contributed by atoms with Crippen molar-refractivity contribution >= 4 is 23.2 Å². The lowest BCUT2D eigenvalue weighted by atomic mass is 10.0. The van der Waals surface area contributed by atoms with Crippen LogP contribution in [0.4, 0.5) is 4.39 Å². The van der Waals surface area contributed by atoms with Crippen LogP contribution in [0.25, 0.3) is 0 Å². The predicted molar refractivity (Wildman–Crippen MR) is 77.3 cm³/mol. The average molecular weight is 331 g/mol. The minimum absolute atomic E-state index is 0.0393. The first kappa shape index (κ1) is 14.6. The van der Waals surface area contributed by atoms with E-state index in [0.29, 0.717) is 5.89 Å². The fourth-order valence-corrected chi connectivity index (χ4v) is 2.81. The number of oxazole rings is 1. The van der Waals surface area contributed by atoms with Crippen LogP contribution in [-0.4, -0.2) is 18.1 Å². The monoisotopic (exact) mass is 330 g/mol. The van der Waals surface area contributed by atoms with Crippen molar-refractivity contribution in [2.45, 2.75) is 12.5 Å². The minimum atomic E-state index is -0.688. The summed E-state index contributed by atoms with van der Waals surface area (Å²) in [5, 5.41) is 3.08. The quantitative estimate of drug-likeness (QED) is 0.865. The van der Waals surface area contributed by atoms with Gasteiger partial charge in [-0.1, -0.05) is 23.2 Å². The van der Waals surface area contributed by atoms with Crippen LogP contribution >= 0.6 is 23.2 Å². The molecule has 21 heavy (non-hydrogen) atoms. The Kier molecular flexibility index (Phi) is 4.33. The molecule has 0 amide bonds. The van der Waals surface area contributed by atoms with Gasteiger partial charge < -0.3 is 14.5 Å². The summed E-state index contributed by atoms with van der Waals surface area (Å²) >= 11 is 11.7. The first-order valence-electron chi connectivity index (χ1n) is 6.57. The van der Waals surface area contributed by atoms with Crippen LogP contribution in [-0.2, 0) is 0 Å². The van der Waals surface area contributed by atoms with E-state index in [-0.39, 0.29) is 21.7 Å². The van der Waals surface area contributed by atoms with E-state index in [1.165, 1.54) is 12.3 Å². The summed E-state index contributed by atoms with van der Waals surface area (Å²) in [5.74, 6) is 0.175. The predicted octanol–water partition coefficient (Wildman–Crippen LogP) is 3.85. The van der Waals surface area contributed by atoms with Crippen molar-refractivity contribution < 1.29 is 13.5 Å². The Labute approximate surface area is 131 Å². The third-order valence-corrected chi connectivity index (χ3v) is 4.12. The lowest BCUT2D eigenvalue weighted by Crippen LogP contribution is -2.22. The molecule has 0 saturated carbocycles. The van der Waals surface area contributed by atoms with Crippen LogP contribution in [0.5, 0.6) is 5.75 Å². The number of nitrogens with one attached hydrogen (secondary N) is 1. The Morgan fingerprint density at radius 1 is 1.43 bits per heavy atom. The van der Waals surface area contributed by atoms with Crippen molar-refractivity contribution in [3.05, 3.63) is 46.3 Å². The second-order valence-electron chi connectivity index (χ2n) is 4.84. The van der Waals surface area contributed by atoms with Gasteiger partial charge in [0.05, 0.1) is 11.2 Å². The van der Waals surface area contributed by atoms with E-state index in [2.05, 4.69) is 10.3 Å².